The topological polar surface area (TPSA) is 3.24 Å². The molecule has 1 aromatic carbocycles. The van der Waals surface area contributed by atoms with E-state index in [0.717, 1.165) is 30.0 Å². The fourth-order valence-corrected chi connectivity index (χ4v) is 2.61. The molecule has 1 nitrogen and oxygen atoms in total. The molecule has 0 bridgehead atoms. The number of rotatable bonds is 7. The highest BCUT2D eigenvalue weighted by Gasteiger charge is 2.07. The molecule has 0 fully saturated rings. The zero-order chi connectivity index (χ0) is 12.7. The summed E-state index contributed by atoms with van der Waals surface area (Å²) in [5.74, 6) is 0.557. The Kier molecular flexibility index (Phi) is 6.56. The third-order valence-corrected chi connectivity index (χ3v) is 3.53. The Morgan fingerprint density at radius 3 is 2.41 bits per heavy atom. The van der Waals surface area contributed by atoms with E-state index in [0.29, 0.717) is 0 Å². The summed E-state index contributed by atoms with van der Waals surface area (Å²) in [5.41, 5.74) is 1.11. The number of nitrogens with zero attached hydrogens (tertiary/aromatic N) is 1. The average Bonchev–Trinajstić information content (AvgIpc) is 2.32. The van der Waals surface area contributed by atoms with Gasteiger partial charge < -0.3 is 4.90 Å². The number of anilines is 1. The van der Waals surface area contributed by atoms with Crippen molar-refractivity contribution in [2.75, 3.05) is 23.3 Å². The minimum Gasteiger partial charge on any atom is -0.372 e. The third kappa shape index (κ3) is 5.07. The van der Waals surface area contributed by atoms with Crippen LogP contribution in [-0.2, 0) is 0 Å². The van der Waals surface area contributed by atoms with E-state index < -0.39 is 0 Å². The van der Waals surface area contributed by atoms with Gasteiger partial charge in [-0.3, -0.25) is 0 Å². The molecule has 3 heteroatoms. The molecule has 0 heterocycles. The molecule has 0 saturated carbocycles. The van der Waals surface area contributed by atoms with Crippen molar-refractivity contribution in [2.24, 2.45) is 5.92 Å². The van der Waals surface area contributed by atoms with Crippen LogP contribution in [0.2, 0.25) is 0 Å². The zero-order valence-electron chi connectivity index (χ0n) is 10.6. The van der Waals surface area contributed by atoms with Gasteiger partial charge in [0.15, 0.2) is 0 Å². The first-order valence-corrected chi connectivity index (χ1v) is 7.36. The summed E-state index contributed by atoms with van der Waals surface area (Å²) in [6, 6.07) is 6.77. The van der Waals surface area contributed by atoms with E-state index in [1.54, 1.807) is 0 Å². The van der Waals surface area contributed by atoms with Gasteiger partial charge in [-0.2, -0.15) is 0 Å². The fraction of sp³-hybridized carbons (Fsp3) is 0.571. The van der Waals surface area contributed by atoms with Crippen LogP contribution in [0.5, 0.6) is 0 Å². The van der Waals surface area contributed by atoms with Crippen LogP contribution in [0.25, 0.3) is 0 Å². The minimum atomic E-state index is -0.169. The van der Waals surface area contributed by atoms with E-state index in [4.69, 9.17) is 0 Å². The minimum absolute atomic E-state index is 0.169. The molecule has 1 aromatic rings. The maximum atomic E-state index is 12.8. The van der Waals surface area contributed by atoms with E-state index in [-0.39, 0.29) is 5.82 Å². The van der Waals surface area contributed by atoms with Gasteiger partial charge in [0.1, 0.15) is 5.82 Å². The second-order valence-electron chi connectivity index (χ2n) is 4.43. The monoisotopic (exact) mass is 301 g/mol. The van der Waals surface area contributed by atoms with Crippen molar-refractivity contribution in [2.45, 2.75) is 26.7 Å². The second kappa shape index (κ2) is 7.70. The Morgan fingerprint density at radius 2 is 1.88 bits per heavy atom. The van der Waals surface area contributed by atoms with Crippen molar-refractivity contribution < 1.29 is 4.39 Å². The predicted octanol–water partition coefficient (Wildman–Crippen LogP) is 4.46. The average molecular weight is 302 g/mol. The number of halogens is 2. The quantitative estimate of drug-likeness (QED) is 0.672. The lowest BCUT2D eigenvalue weighted by Gasteiger charge is -2.24. The highest BCUT2D eigenvalue weighted by Crippen LogP contribution is 2.17. The summed E-state index contributed by atoms with van der Waals surface area (Å²) in [4.78, 5) is 2.30. The Morgan fingerprint density at radius 1 is 1.24 bits per heavy atom. The summed E-state index contributed by atoms with van der Waals surface area (Å²) in [6.07, 6.45) is 2.39. The van der Waals surface area contributed by atoms with Gasteiger partial charge in [0.25, 0.3) is 0 Å². The summed E-state index contributed by atoms with van der Waals surface area (Å²) < 4.78 is 12.8. The van der Waals surface area contributed by atoms with E-state index in [9.17, 15) is 4.39 Å². The first-order valence-electron chi connectivity index (χ1n) is 6.23. The summed E-state index contributed by atoms with van der Waals surface area (Å²) in [5, 5.41) is 1.07. The largest absolute Gasteiger partial charge is 0.372 e. The molecular weight excluding hydrogens is 281 g/mol. The molecule has 0 amide bonds. The van der Waals surface area contributed by atoms with E-state index >= 15 is 0 Å². The number of alkyl halides is 1. The standard InChI is InChI=1S/C14H21BrFN/c1-3-17(11-9-12(2)8-10-15)14-6-4-13(16)5-7-14/h4-7,12H,3,8-11H2,1-2H3. The van der Waals surface area contributed by atoms with Gasteiger partial charge in [-0.1, -0.05) is 22.9 Å². The molecule has 1 rings (SSSR count). The lowest BCUT2D eigenvalue weighted by molar-refractivity contribution is 0.517. The Labute approximate surface area is 112 Å². The van der Waals surface area contributed by atoms with Crippen LogP contribution in [0.15, 0.2) is 24.3 Å². The van der Waals surface area contributed by atoms with E-state index in [1.807, 2.05) is 12.1 Å². The molecule has 0 saturated heterocycles. The molecule has 1 unspecified atom stereocenters. The van der Waals surface area contributed by atoms with Crippen LogP contribution in [0.1, 0.15) is 26.7 Å². The van der Waals surface area contributed by atoms with Gasteiger partial charge in [-0.25, -0.2) is 4.39 Å². The van der Waals surface area contributed by atoms with E-state index in [1.165, 1.54) is 25.0 Å². The molecule has 0 spiro atoms. The van der Waals surface area contributed by atoms with Crippen LogP contribution >= 0.6 is 15.9 Å². The summed E-state index contributed by atoms with van der Waals surface area (Å²) in [6.45, 7) is 6.42. The molecule has 0 aliphatic carbocycles. The number of hydrogen-bond acceptors (Lipinski definition) is 1. The summed E-state index contributed by atoms with van der Waals surface area (Å²) >= 11 is 3.47. The highest BCUT2D eigenvalue weighted by atomic mass is 79.9. The Bertz CT molecular complexity index is 313. The summed E-state index contributed by atoms with van der Waals surface area (Å²) in [7, 11) is 0. The van der Waals surface area contributed by atoms with Crippen LogP contribution in [-0.4, -0.2) is 18.4 Å². The Balaban J connectivity index is 2.51. The first kappa shape index (κ1) is 14.5. The maximum absolute atomic E-state index is 12.8. The van der Waals surface area contributed by atoms with Gasteiger partial charge in [-0.15, -0.1) is 0 Å². The zero-order valence-corrected chi connectivity index (χ0v) is 12.2. The maximum Gasteiger partial charge on any atom is 0.123 e. The second-order valence-corrected chi connectivity index (χ2v) is 5.22. The van der Waals surface area contributed by atoms with Crippen LogP contribution < -0.4 is 4.90 Å². The predicted molar refractivity (Wildman–Crippen MR) is 76.5 cm³/mol. The molecule has 0 aliphatic rings. The smallest absolute Gasteiger partial charge is 0.123 e. The van der Waals surface area contributed by atoms with Crippen LogP contribution in [0.4, 0.5) is 10.1 Å². The van der Waals surface area contributed by atoms with Gasteiger partial charge >= 0.3 is 0 Å². The molecule has 1 atom stereocenters. The van der Waals surface area contributed by atoms with E-state index in [2.05, 4.69) is 34.7 Å². The van der Waals surface area contributed by atoms with Crippen molar-refractivity contribution in [3.05, 3.63) is 30.1 Å². The molecule has 0 aromatic heterocycles. The van der Waals surface area contributed by atoms with Crippen molar-refractivity contribution >= 4 is 21.6 Å². The van der Waals surface area contributed by atoms with Gasteiger partial charge in [0.05, 0.1) is 0 Å². The van der Waals surface area contributed by atoms with Crippen molar-refractivity contribution in [1.82, 2.24) is 0 Å². The lowest BCUT2D eigenvalue weighted by atomic mass is 10.0. The lowest BCUT2D eigenvalue weighted by Crippen LogP contribution is -2.25. The van der Waals surface area contributed by atoms with Crippen molar-refractivity contribution in [1.29, 1.82) is 0 Å². The van der Waals surface area contributed by atoms with Crippen molar-refractivity contribution in [3.8, 4) is 0 Å². The van der Waals surface area contributed by atoms with Crippen molar-refractivity contribution in [3.63, 3.8) is 0 Å². The Hall–Kier alpha value is -0.570. The normalized spacial score (nSPS) is 12.5. The molecule has 0 N–H and O–H groups in total. The number of benzene rings is 1. The first-order chi connectivity index (χ1) is 8.17. The molecular formula is C14H21BrFN. The van der Waals surface area contributed by atoms with Crippen LogP contribution in [0.3, 0.4) is 0 Å². The third-order valence-electron chi connectivity index (χ3n) is 3.07. The SMILES string of the molecule is CCN(CCC(C)CCBr)c1ccc(F)cc1. The van der Waals surface area contributed by atoms with Gasteiger partial charge in [0.2, 0.25) is 0 Å². The van der Waals surface area contributed by atoms with Gasteiger partial charge in [-0.05, 0) is 49.9 Å². The molecule has 96 valence electrons. The molecule has 0 aliphatic heterocycles. The van der Waals surface area contributed by atoms with Gasteiger partial charge in [0, 0.05) is 24.1 Å². The molecule has 0 radical (unpaired) electrons. The number of hydrogen-bond donors (Lipinski definition) is 0. The van der Waals surface area contributed by atoms with Crippen LogP contribution in [0, 0.1) is 11.7 Å². The fourth-order valence-electron chi connectivity index (χ4n) is 1.83. The molecule has 17 heavy (non-hydrogen) atoms. The highest BCUT2D eigenvalue weighted by molar-refractivity contribution is 9.09.